The molecule has 2 aromatic heterocycles. The highest BCUT2D eigenvalue weighted by molar-refractivity contribution is 6.30. The molecule has 0 aromatic carbocycles. The van der Waals surface area contributed by atoms with Crippen LogP contribution in [0, 0.1) is 0 Å². The molecule has 0 saturated carbocycles. The van der Waals surface area contributed by atoms with E-state index in [9.17, 15) is 22.8 Å². The number of carbonyl (C=O) groups is 1. The molecule has 2 aliphatic heterocycles. The zero-order valence-corrected chi connectivity index (χ0v) is 20.2. The first-order chi connectivity index (χ1) is 17.1. The number of piperazine rings is 1. The smallest absolute Gasteiger partial charge is 0.423 e. The summed E-state index contributed by atoms with van der Waals surface area (Å²) in [5.74, 6) is 1.30. The minimum Gasteiger partial charge on any atom is -0.490 e. The van der Waals surface area contributed by atoms with E-state index in [4.69, 9.17) is 21.1 Å². The number of aromatic amines is 1. The summed E-state index contributed by atoms with van der Waals surface area (Å²) in [4.78, 5) is 32.7. The molecule has 0 aliphatic carbocycles. The zero-order valence-electron chi connectivity index (χ0n) is 19.5. The van der Waals surface area contributed by atoms with Crippen molar-refractivity contribution in [1.29, 1.82) is 0 Å². The standard InChI is InChI=1S/C22H26ClF3N6O4/c1-13(29-16-10-28-30-21(34)19(16)22(24,25)26)12-35-6-3-18(33)31-4-5-32-15(11-31)2-7-36-17-8-14(23)9-27-20(17)32/h8-10,13,15H,2-7,11-12H2,1H3,(H2,29,30,34). The Hall–Kier alpha value is -3.06. The number of nitrogens with one attached hydrogen (secondary N) is 2. The first kappa shape index (κ1) is 26.0. The van der Waals surface area contributed by atoms with Crippen LogP contribution in [0.2, 0.25) is 5.02 Å². The number of fused-ring (bicyclic) bond motifs is 3. The quantitative estimate of drug-likeness (QED) is 0.525. The van der Waals surface area contributed by atoms with Gasteiger partial charge in [-0.05, 0) is 6.92 Å². The molecule has 2 aliphatic rings. The van der Waals surface area contributed by atoms with Gasteiger partial charge in [-0.2, -0.15) is 18.3 Å². The van der Waals surface area contributed by atoms with Crippen molar-refractivity contribution in [3.05, 3.63) is 39.4 Å². The van der Waals surface area contributed by atoms with Gasteiger partial charge in [0.15, 0.2) is 11.6 Å². The Balaban J connectivity index is 1.24. The Labute approximate surface area is 209 Å². The summed E-state index contributed by atoms with van der Waals surface area (Å²) < 4.78 is 50.8. The predicted molar refractivity (Wildman–Crippen MR) is 125 cm³/mol. The van der Waals surface area contributed by atoms with Gasteiger partial charge in [-0.15, -0.1) is 0 Å². The lowest BCUT2D eigenvalue weighted by Gasteiger charge is -2.41. The van der Waals surface area contributed by atoms with Gasteiger partial charge in [0.1, 0.15) is 5.56 Å². The second-order valence-electron chi connectivity index (χ2n) is 8.66. The van der Waals surface area contributed by atoms with Crippen LogP contribution in [-0.2, 0) is 15.7 Å². The number of halogens is 4. The SMILES string of the molecule is CC(COCCC(=O)N1CCN2c3ncc(Cl)cc3OCCC2C1)Nc1cn[nH]c(=O)c1C(F)(F)F. The first-order valence-corrected chi connectivity index (χ1v) is 11.8. The first-order valence-electron chi connectivity index (χ1n) is 11.5. The van der Waals surface area contributed by atoms with E-state index in [1.165, 1.54) is 0 Å². The van der Waals surface area contributed by atoms with E-state index in [2.05, 4.69) is 20.3 Å². The average Bonchev–Trinajstić information content (AvgIpc) is 2.99. The Morgan fingerprint density at radius 2 is 2.19 bits per heavy atom. The van der Waals surface area contributed by atoms with E-state index < -0.39 is 29.0 Å². The summed E-state index contributed by atoms with van der Waals surface area (Å²) in [6, 6.07) is 1.25. The minimum absolute atomic E-state index is 0.0378. The summed E-state index contributed by atoms with van der Waals surface area (Å²) in [5, 5.41) is 8.31. The number of ether oxygens (including phenoxy) is 2. The van der Waals surface area contributed by atoms with Crippen molar-refractivity contribution in [1.82, 2.24) is 20.1 Å². The Bertz CT molecular complexity index is 1150. The number of H-pyrrole nitrogens is 1. The van der Waals surface area contributed by atoms with Crippen LogP contribution >= 0.6 is 11.6 Å². The van der Waals surface area contributed by atoms with Gasteiger partial charge in [0.2, 0.25) is 5.91 Å². The van der Waals surface area contributed by atoms with Crippen LogP contribution in [0.5, 0.6) is 5.75 Å². The van der Waals surface area contributed by atoms with Gasteiger partial charge in [-0.25, -0.2) is 10.1 Å². The molecule has 10 nitrogen and oxygen atoms in total. The second-order valence-corrected chi connectivity index (χ2v) is 9.09. The maximum atomic E-state index is 13.2. The molecule has 0 spiro atoms. The Morgan fingerprint density at radius 3 is 2.97 bits per heavy atom. The molecule has 1 fully saturated rings. The number of nitrogens with zero attached hydrogens (tertiary/aromatic N) is 4. The van der Waals surface area contributed by atoms with E-state index in [0.717, 1.165) is 18.4 Å². The predicted octanol–water partition coefficient (Wildman–Crippen LogP) is 2.54. The van der Waals surface area contributed by atoms with Crippen molar-refractivity contribution in [2.45, 2.75) is 38.0 Å². The summed E-state index contributed by atoms with van der Waals surface area (Å²) in [5.41, 5.74) is -3.10. The monoisotopic (exact) mass is 530 g/mol. The van der Waals surface area contributed by atoms with Gasteiger partial charge in [-0.1, -0.05) is 11.6 Å². The lowest BCUT2D eigenvalue weighted by molar-refractivity contribution is -0.138. The molecule has 2 atom stereocenters. The van der Waals surface area contributed by atoms with Crippen LogP contribution in [0.4, 0.5) is 24.7 Å². The molecule has 14 heteroatoms. The number of pyridine rings is 1. The topological polar surface area (TPSA) is 113 Å². The second kappa shape index (κ2) is 10.9. The number of carbonyl (C=O) groups excluding carboxylic acids is 1. The van der Waals surface area contributed by atoms with E-state index in [0.29, 0.717) is 37.0 Å². The Kier molecular flexibility index (Phi) is 7.88. The number of hydrogen-bond acceptors (Lipinski definition) is 8. The van der Waals surface area contributed by atoms with Gasteiger partial charge in [0.05, 0.1) is 49.2 Å². The number of amides is 1. The molecule has 2 N–H and O–H groups in total. The largest absolute Gasteiger partial charge is 0.490 e. The third kappa shape index (κ3) is 6.01. The summed E-state index contributed by atoms with van der Waals surface area (Å²) in [6.45, 7) is 3.90. The van der Waals surface area contributed by atoms with Crippen LogP contribution in [0.3, 0.4) is 0 Å². The van der Waals surface area contributed by atoms with Crippen molar-refractivity contribution in [3.8, 4) is 5.75 Å². The third-order valence-corrected chi connectivity index (χ3v) is 6.19. The number of rotatable bonds is 7. The number of aromatic nitrogens is 3. The minimum atomic E-state index is -4.83. The average molecular weight is 531 g/mol. The molecule has 0 radical (unpaired) electrons. The van der Waals surface area contributed by atoms with Gasteiger partial charge in [0, 0.05) is 44.4 Å². The molecular formula is C22H26ClF3N6O4. The van der Waals surface area contributed by atoms with Crippen molar-refractivity contribution in [2.75, 3.05) is 49.7 Å². The molecule has 1 saturated heterocycles. The normalized spacial score (nSPS) is 18.5. The highest BCUT2D eigenvalue weighted by Gasteiger charge is 2.37. The number of hydrogen-bond donors (Lipinski definition) is 2. The number of alkyl halides is 3. The molecule has 196 valence electrons. The summed E-state index contributed by atoms with van der Waals surface area (Å²) in [7, 11) is 0. The molecule has 4 heterocycles. The van der Waals surface area contributed by atoms with Crippen LogP contribution < -0.4 is 20.5 Å². The van der Waals surface area contributed by atoms with Gasteiger partial charge < -0.3 is 24.6 Å². The van der Waals surface area contributed by atoms with Crippen LogP contribution in [0.25, 0.3) is 0 Å². The lowest BCUT2D eigenvalue weighted by atomic mass is 10.1. The van der Waals surface area contributed by atoms with Crippen LogP contribution in [0.1, 0.15) is 25.3 Å². The van der Waals surface area contributed by atoms with Crippen LogP contribution in [0.15, 0.2) is 23.3 Å². The maximum absolute atomic E-state index is 13.2. The van der Waals surface area contributed by atoms with Crippen molar-refractivity contribution < 1.29 is 27.4 Å². The van der Waals surface area contributed by atoms with Crippen LogP contribution in [-0.4, -0.2) is 77.5 Å². The van der Waals surface area contributed by atoms with Crippen molar-refractivity contribution in [2.24, 2.45) is 0 Å². The highest BCUT2D eigenvalue weighted by atomic mass is 35.5. The maximum Gasteiger partial charge on any atom is 0.423 e. The fourth-order valence-corrected chi connectivity index (χ4v) is 4.47. The van der Waals surface area contributed by atoms with E-state index >= 15 is 0 Å². The molecular weight excluding hydrogens is 505 g/mol. The molecule has 36 heavy (non-hydrogen) atoms. The molecule has 2 unspecified atom stereocenters. The molecule has 1 amide bonds. The Morgan fingerprint density at radius 1 is 1.39 bits per heavy atom. The molecule has 2 aromatic rings. The van der Waals surface area contributed by atoms with Crippen molar-refractivity contribution in [3.63, 3.8) is 0 Å². The zero-order chi connectivity index (χ0) is 25.9. The summed E-state index contributed by atoms with van der Waals surface area (Å²) >= 11 is 6.03. The third-order valence-electron chi connectivity index (χ3n) is 5.99. The fraction of sp³-hybridized carbons (Fsp3) is 0.545. The molecule has 4 rings (SSSR count). The van der Waals surface area contributed by atoms with Crippen molar-refractivity contribution >= 4 is 29.0 Å². The van der Waals surface area contributed by atoms with E-state index in [1.54, 1.807) is 29.2 Å². The number of anilines is 2. The summed E-state index contributed by atoms with van der Waals surface area (Å²) in [6.07, 6.45) is -1.47. The fourth-order valence-electron chi connectivity index (χ4n) is 4.32. The highest BCUT2D eigenvalue weighted by Crippen LogP contribution is 2.34. The van der Waals surface area contributed by atoms with Gasteiger partial charge in [-0.3, -0.25) is 9.59 Å². The molecule has 0 bridgehead atoms. The van der Waals surface area contributed by atoms with Gasteiger partial charge >= 0.3 is 6.18 Å². The lowest BCUT2D eigenvalue weighted by Crippen LogP contribution is -2.55. The van der Waals surface area contributed by atoms with E-state index in [-0.39, 0.29) is 31.6 Å². The van der Waals surface area contributed by atoms with Gasteiger partial charge in [0.25, 0.3) is 5.56 Å². The van der Waals surface area contributed by atoms with E-state index in [1.807, 2.05) is 0 Å².